The summed E-state index contributed by atoms with van der Waals surface area (Å²) in [6.45, 7) is 17.1. The Bertz CT molecular complexity index is 1320. The van der Waals surface area contributed by atoms with Gasteiger partial charge in [0.1, 0.15) is 6.10 Å². The van der Waals surface area contributed by atoms with Crippen LogP contribution in [0.15, 0.2) is 11.6 Å². The van der Waals surface area contributed by atoms with Crippen molar-refractivity contribution < 1.29 is 19.1 Å². The summed E-state index contributed by atoms with van der Waals surface area (Å²) in [6.07, 6.45) is 34.8. The van der Waals surface area contributed by atoms with Crippen LogP contribution in [-0.4, -0.2) is 61.6 Å². The summed E-state index contributed by atoms with van der Waals surface area (Å²) in [7, 11) is 0. The van der Waals surface area contributed by atoms with E-state index in [0.29, 0.717) is 38.0 Å². The maximum atomic E-state index is 13.3. The minimum atomic E-state index is -0.326. The zero-order valence-corrected chi connectivity index (χ0v) is 40.6. The highest BCUT2D eigenvalue weighted by atomic mass is 16.6. The molecular weight excluding hydrogens is 757 g/mol. The molecule has 0 aliphatic heterocycles. The number of carbonyl (C=O) groups excluding carboxylic acids is 3. The van der Waals surface area contributed by atoms with Gasteiger partial charge in [-0.05, 0) is 130 Å². The van der Waals surface area contributed by atoms with Gasteiger partial charge in [-0.1, -0.05) is 143 Å². The summed E-state index contributed by atoms with van der Waals surface area (Å²) < 4.78 is 6.06. The lowest BCUT2D eigenvalue weighted by atomic mass is 9.47. The first-order chi connectivity index (χ1) is 29.4. The second-order valence-electron chi connectivity index (χ2n) is 21.5. The van der Waals surface area contributed by atoms with Crippen LogP contribution in [0.25, 0.3) is 0 Å². The van der Waals surface area contributed by atoms with Crippen molar-refractivity contribution in [2.75, 3.05) is 32.7 Å². The molecule has 0 aromatic carbocycles. The molecule has 0 spiro atoms. The molecular formula is C53H96N4O4. The maximum Gasteiger partial charge on any atom is 0.407 e. The summed E-state index contributed by atoms with van der Waals surface area (Å²) in [5.41, 5.74) is 7.90. The van der Waals surface area contributed by atoms with Gasteiger partial charge in [0.25, 0.3) is 0 Å². The minimum absolute atomic E-state index is 0.0565. The standard InChI is InChI=1S/C53H96N4O4/c1-7-8-9-10-11-12-13-14-15-16-17-18-26-50(59)57(40-49(58)55-36-20-19-35-54)38-22-21-37-56-51(60)61-44-31-33-52(5)43(39-44)27-28-45-47-30-29-46(42(4)25-23-24-41(2)3)53(47,6)34-32-48(45)52/h27,41-42,44-48H,7-26,28-40,54H2,1-6H3,(H,55,58)(H,56,60)/t42-,44+,45+,46-,47+,48+,52+,53-/m1/s1. The number of amides is 3. The molecule has 0 heterocycles. The topological polar surface area (TPSA) is 114 Å². The van der Waals surface area contributed by atoms with E-state index in [1.165, 1.54) is 116 Å². The number of hydrogen-bond acceptors (Lipinski definition) is 5. The van der Waals surface area contributed by atoms with Crippen LogP contribution in [0, 0.1) is 46.3 Å². The van der Waals surface area contributed by atoms with Crippen LogP contribution in [0.4, 0.5) is 4.79 Å². The van der Waals surface area contributed by atoms with Crippen LogP contribution in [0.1, 0.15) is 221 Å². The zero-order valence-electron chi connectivity index (χ0n) is 40.6. The van der Waals surface area contributed by atoms with Crippen LogP contribution in [-0.2, 0) is 14.3 Å². The van der Waals surface area contributed by atoms with Crippen molar-refractivity contribution in [2.45, 2.75) is 227 Å². The monoisotopic (exact) mass is 853 g/mol. The zero-order chi connectivity index (χ0) is 44.1. The number of alkyl carbamates (subject to hydrolysis) is 1. The Hall–Kier alpha value is -2.09. The van der Waals surface area contributed by atoms with Crippen molar-refractivity contribution in [3.63, 3.8) is 0 Å². The van der Waals surface area contributed by atoms with Crippen molar-refractivity contribution in [3.8, 4) is 0 Å². The molecule has 4 N–H and O–H groups in total. The van der Waals surface area contributed by atoms with Crippen molar-refractivity contribution >= 4 is 17.9 Å². The number of fused-ring (bicyclic) bond motifs is 5. The summed E-state index contributed by atoms with van der Waals surface area (Å²) in [5.74, 6) is 4.88. The summed E-state index contributed by atoms with van der Waals surface area (Å²) in [6, 6.07) is 0. The molecule has 61 heavy (non-hydrogen) atoms. The molecule has 0 aromatic rings. The third-order valence-corrected chi connectivity index (χ3v) is 16.5. The van der Waals surface area contributed by atoms with E-state index in [0.717, 1.165) is 93.3 Å². The molecule has 0 aromatic heterocycles. The SMILES string of the molecule is CCCCCCCCCCCCCCC(=O)N(CCCCNC(=O)O[C@H]1CC[C@@]2(C)C(=CC[C@H]3[C@@H]4CC[C@H]([C@H](C)CCCC(C)C)[C@@]4(C)CC[C@@H]32)C1)CC(=O)NCCCCN. The number of nitrogens with two attached hydrogens (primary N) is 1. The minimum Gasteiger partial charge on any atom is -0.446 e. The molecule has 0 saturated heterocycles. The molecule has 8 heteroatoms. The van der Waals surface area contributed by atoms with Crippen LogP contribution in [0.2, 0.25) is 0 Å². The Balaban J connectivity index is 1.16. The maximum absolute atomic E-state index is 13.3. The summed E-state index contributed by atoms with van der Waals surface area (Å²) in [4.78, 5) is 40.8. The highest BCUT2D eigenvalue weighted by Crippen LogP contribution is 2.67. The van der Waals surface area contributed by atoms with Crippen LogP contribution in [0.5, 0.6) is 0 Å². The van der Waals surface area contributed by atoms with Gasteiger partial charge in [-0.25, -0.2) is 4.79 Å². The predicted molar refractivity (Wildman–Crippen MR) is 254 cm³/mol. The average Bonchev–Trinajstić information content (AvgIpc) is 3.59. The van der Waals surface area contributed by atoms with E-state index < -0.39 is 0 Å². The van der Waals surface area contributed by atoms with Gasteiger partial charge in [0, 0.05) is 32.5 Å². The lowest BCUT2D eigenvalue weighted by Crippen LogP contribution is -2.51. The molecule has 0 radical (unpaired) electrons. The Kier molecular flexibility index (Phi) is 23.1. The summed E-state index contributed by atoms with van der Waals surface area (Å²) >= 11 is 0. The molecule has 4 aliphatic carbocycles. The number of unbranched alkanes of at least 4 members (excludes halogenated alkanes) is 13. The fourth-order valence-corrected chi connectivity index (χ4v) is 12.9. The fourth-order valence-electron chi connectivity index (χ4n) is 12.9. The van der Waals surface area contributed by atoms with E-state index >= 15 is 0 Å². The largest absolute Gasteiger partial charge is 0.446 e. The van der Waals surface area contributed by atoms with Crippen LogP contribution in [0.3, 0.4) is 0 Å². The number of nitrogens with one attached hydrogen (secondary N) is 2. The third kappa shape index (κ3) is 16.1. The highest BCUT2D eigenvalue weighted by Gasteiger charge is 2.59. The molecule has 4 aliphatic rings. The molecule has 8 nitrogen and oxygen atoms in total. The predicted octanol–water partition coefficient (Wildman–Crippen LogP) is 12.7. The number of rotatable bonds is 30. The number of ether oxygens (including phenoxy) is 1. The smallest absolute Gasteiger partial charge is 0.407 e. The van der Waals surface area contributed by atoms with E-state index in [2.05, 4.69) is 58.3 Å². The van der Waals surface area contributed by atoms with Crippen molar-refractivity contribution in [2.24, 2.45) is 52.1 Å². The van der Waals surface area contributed by atoms with Gasteiger partial charge in [-0.3, -0.25) is 9.59 Å². The van der Waals surface area contributed by atoms with Crippen molar-refractivity contribution in [3.05, 3.63) is 11.6 Å². The molecule has 0 bridgehead atoms. The number of hydrogen-bond donors (Lipinski definition) is 3. The summed E-state index contributed by atoms with van der Waals surface area (Å²) in [5, 5.41) is 5.97. The van der Waals surface area contributed by atoms with Crippen LogP contribution < -0.4 is 16.4 Å². The molecule has 352 valence electrons. The number of allylic oxidation sites excluding steroid dienone is 1. The van der Waals surface area contributed by atoms with Gasteiger partial charge >= 0.3 is 6.09 Å². The molecule has 4 rings (SSSR count). The highest BCUT2D eigenvalue weighted by molar-refractivity contribution is 5.84. The Labute approximate surface area is 375 Å². The lowest BCUT2D eigenvalue weighted by Gasteiger charge is -2.58. The fraction of sp³-hybridized carbons (Fsp3) is 0.906. The molecule has 3 amide bonds. The number of carbonyl (C=O) groups is 3. The first kappa shape index (κ1) is 51.5. The number of nitrogens with zero attached hydrogens (tertiary/aromatic N) is 1. The van der Waals surface area contributed by atoms with Gasteiger partial charge in [0.2, 0.25) is 11.8 Å². The molecule has 3 fully saturated rings. The average molecular weight is 853 g/mol. The van der Waals surface area contributed by atoms with Gasteiger partial charge < -0.3 is 26.0 Å². The van der Waals surface area contributed by atoms with Gasteiger partial charge in [-0.2, -0.15) is 0 Å². The van der Waals surface area contributed by atoms with E-state index in [4.69, 9.17) is 10.5 Å². The third-order valence-electron chi connectivity index (χ3n) is 16.5. The Morgan fingerprint density at radius 1 is 0.770 bits per heavy atom. The first-order valence-electron chi connectivity index (χ1n) is 26.3. The van der Waals surface area contributed by atoms with E-state index in [1.54, 1.807) is 10.5 Å². The van der Waals surface area contributed by atoms with E-state index in [1.807, 2.05) is 0 Å². The van der Waals surface area contributed by atoms with Crippen molar-refractivity contribution in [1.29, 1.82) is 0 Å². The molecule has 3 saturated carbocycles. The van der Waals surface area contributed by atoms with E-state index in [-0.39, 0.29) is 36.0 Å². The molecule has 0 unspecified atom stereocenters. The Morgan fingerprint density at radius 2 is 1.44 bits per heavy atom. The first-order valence-corrected chi connectivity index (χ1v) is 26.3. The molecule has 8 atom stereocenters. The van der Waals surface area contributed by atoms with E-state index in [9.17, 15) is 14.4 Å². The quantitative estimate of drug-likeness (QED) is 0.0492. The van der Waals surface area contributed by atoms with Gasteiger partial charge in [0.15, 0.2) is 0 Å². The van der Waals surface area contributed by atoms with Gasteiger partial charge in [-0.15, -0.1) is 0 Å². The Morgan fingerprint density at radius 3 is 2.13 bits per heavy atom. The normalized spacial score (nSPS) is 27.4. The lowest BCUT2D eigenvalue weighted by molar-refractivity contribution is -0.136. The van der Waals surface area contributed by atoms with Crippen molar-refractivity contribution in [1.82, 2.24) is 15.5 Å². The van der Waals surface area contributed by atoms with Gasteiger partial charge in [0.05, 0.1) is 6.54 Å². The second kappa shape index (κ2) is 27.3. The second-order valence-corrected chi connectivity index (χ2v) is 21.5. The van der Waals surface area contributed by atoms with Crippen LogP contribution >= 0.6 is 0 Å².